The molecule has 2 heterocycles. The molecule has 2 rings (SSSR count). The third kappa shape index (κ3) is 6.08. The molecule has 0 amide bonds. The Labute approximate surface area is 108 Å². The van der Waals surface area contributed by atoms with Crippen molar-refractivity contribution in [1.29, 1.82) is 0 Å². The van der Waals surface area contributed by atoms with Gasteiger partial charge in [0.15, 0.2) is 0 Å². The number of rotatable bonds is 4. The SMILES string of the molecule is NCCc1ccncc1.NCCc1ccncc1. The average molecular weight is 244 g/mol. The molecule has 0 aliphatic rings. The lowest BCUT2D eigenvalue weighted by atomic mass is 10.2. The van der Waals surface area contributed by atoms with Crippen LogP contribution in [-0.4, -0.2) is 23.1 Å². The largest absolute Gasteiger partial charge is 0.330 e. The van der Waals surface area contributed by atoms with Crippen molar-refractivity contribution in [2.45, 2.75) is 12.8 Å². The van der Waals surface area contributed by atoms with E-state index in [1.54, 1.807) is 24.8 Å². The van der Waals surface area contributed by atoms with Gasteiger partial charge in [0.05, 0.1) is 0 Å². The fourth-order valence-corrected chi connectivity index (χ4v) is 1.43. The van der Waals surface area contributed by atoms with Crippen LogP contribution in [0.2, 0.25) is 0 Å². The molecule has 0 saturated carbocycles. The molecule has 4 N–H and O–H groups in total. The Morgan fingerprint density at radius 3 is 1.28 bits per heavy atom. The summed E-state index contributed by atoms with van der Waals surface area (Å²) >= 11 is 0. The maximum absolute atomic E-state index is 5.34. The van der Waals surface area contributed by atoms with Crippen LogP contribution < -0.4 is 11.5 Å². The lowest BCUT2D eigenvalue weighted by molar-refractivity contribution is 0.964. The van der Waals surface area contributed by atoms with Crippen molar-refractivity contribution in [2.75, 3.05) is 13.1 Å². The Hall–Kier alpha value is -1.78. The summed E-state index contributed by atoms with van der Waals surface area (Å²) in [5.74, 6) is 0. The van der Waals surface area contributed by atoms with Crippen molar-refractivity contribution in [3.63, 3.8) is 0 Å². The molecule has 2 aromatic heterocycles. The van der Waals surface area contributed by atoms with Crippen molar-refractivity contribution in [3.8, 4) is 0 Å². The lowest BCUT2D eigenvalue weighted by Gasteiger charge is -1.93. The van der Waals surface area contributed by atoms with Crippen LogP contribution in [0.3, 0.4) is 0 Å². The number of nitrogens with two attached hydrogens (primary N) is 2. The van der Waals surface area contributed by atoms with Gasteiger partial charge in [-0.2, -0.15) is 0 Å². The van der Waals surface area contributed by atoms with E-state index >= 15 is 0 Å². The molecule has 0 aliphatic carbocycles. The van der Waals surface area contributed by atoms with Crippen molar-refractivity contribution >= 4 is 0 Å². The Morgan fingerprint density at radius 1 is 0.667 bits per heavy atom. The van der Waals surface area contributed by atoms with E-state index in [9.17, 15) is 0 Å². The zero-order chi connectivity index (χ0) is 13.1. The van der Waals surface area contributed by atoms with Gasteiger partial charge in [-0.05, 0) is 61.3 Å². The first-order valence-electron chi connectivity index (χ1n) is 6.04. The van der Waals surface area contributed by atoms with E-state index in [0.717, 1.165) is 12.8 Å². The minimum Gasteiger partial charge on any atom is -0.330 e. The third-order valence-corrected chi connectivity index (χ3v) is 2.36. The predicted octanol–water partition coefficient (Wildman–Crippen LogP) is 1.17. The van der Waals surface area contributed by atoms with Crippen LogP contribution in [0.1, 0.15) is 11.1 Å². The number of hydrogen-bond donors (Lipinski definition) is 2. The fraction of sp³-hybridized carbons (Fsp3) is 0.286. The molecule has 2 aromatic rings. The summed E-state index contributed by atoms with van der Waals surface area (Å²) < 4.78 is 0. The highest BCUT2D eigenvalue weighted by atomic mass is 14.6. The predicted molar refractivity (Wildman–Crippen MR) is 74.0 cm³/mol. The highest BCUT2D eigenvalue weighted by Crippen LogP contribution is 1.95. The quantitative estimate of drug-likeness (QED) is 0.846. The molecular formula is C14H20N4. The Kier molecular flexibility index (Phi) is 7.36. The normalized spacial score (nSPS) is 9.44. The van der Waals surface area contributed by atoms with E-state index in [4.69, 9.17) is 11.5 Å². The molecule has 0 unspecified atom stereocenters. The third-order valence-electron chi connectivity index (χ3n) is 2.36. The second-order valence-corrected chi connectivity index (χ2v) is 3.79. The maximum atomic E-state index is 5.34. The van der Waals surface area contributed by atoms with Gasteiger partial charge < -0.3 is 11.5 Å². The first-order valence-corrected chi connectivity index (χ1v) is 6.04. The van der Waals surface area contributed by atoms with Gasteiger partial charge in [-0.1, -0.05) is 0 Å². The van der Waals surface area contributed by atoms with Crippen molar-refractivity contribution in [3.05, 3.63) is 60.2 Å². The van der Waals surface area contributed by atoms with Crippen molar-refractivity contribution < 1.29 is 0 Å². The molecule has 0 fully saturated rings. The van der Waals surface area contributed by atoms with Crippen LogP contribution in [0.25, 0.3) is 0 Å². The molecule has 0 radical (unpaired) electrons. The first-order chi connectivity index (χ1) is 8.86. The van der Waals surface area contributed by atoms with Crippen molar-refractivity contribution in [1.82, 2.24) is 9.97 Å². The van der Waals surface area contributed by atoms with Crippen LogP contribution >= 0.6 is 0 Å². The van der Waals surface area contributed by atoms with Gasteiger partial charge in [0, 0.05) is 24.8 Å². The minimum atomic E-state index is 0.712. The van der Waals surface area contributed by atoms with E-state index in [-0.39, 0.29) is 0 Å². The summed E-state index contributed by atoms with van der Waals surface area (Å²) in [6.07, 6.45) is 9.02. The molecule has 0 atom stereocenters. The first kappa shape index (κ1) is 14.3. The molecule has 0 bridgehead atoms. The van der Waals surface area contributed by atoms with Crippen molar-refractivity contribution in [2.24, 2.45) is 11.5 Å². The van der Waals surface area contributed by atoms with E-state index in [2.05, 4.69) is 9.97 Å². The summed E-state index contributed by atoms with van der Waals surface area (Å²) in [4.78, 5) is 7.77. The van der Waals surface area contributed by atoms with E-state index < -0.39 is 0 Å². The molecule has 0 aliphatic heterocycles. The number of nitrogens with zero attached hydrogens (tertiary/aromatic N) is 2. The van der Waals surface area contributed by atoms with Gasteiger partial charge in [-0.15, -0.1) is 0 Å². The molecule has 0 spiro atoms. The number of pyridine rings is 2. The summed E-state index contributed by atoms with van der Waals surface area (Å²) in [7, 11) is 0. The molecule has 0 aromatic carbocycles. The topological polar surface area (TPSA) is 77.8 Å². The zero-order valence-corrected chi connectivity index (χ0v) is 10.5. The second kappa shape index (κ2) is 9.27. The van der Waals surface area contributed by atoms with Crippen LogP contribution in [-0.2, 0) is 12.8 Å². The van der Waals surface area contributed by atoms with Gasteiger partial charge in [-0.25, -0.2) is 0 Å². The van der Waals surface area contributed by atoms with Gasteiger partial charge in [0.25, 0.3) is 0 Å². The second-order valence-electron chi connectivity index (χ2n) is 3.79. The van der Waals surface area contributed by atoms with Crippen LogP contribution in [0.5, 0.6) is 0 Å². The maximum Gasteiger partial charge on any atom is 0.0270 e. The highest BCUT2D eigenvalue weighted by Gasteiger charge is 1.86. The summed E-state index contributed by atoms with van der Waals surface area (Å²) in [6.45, 7) is 1.42. The van der Waals surface area contributed by atoms with Gasteiger partial charge in [-0.3, -0.25) is 9.97 Å². The smallest absolute Gasteiger partial charge is 0.0270 e. The van der Waals surface area contributed by atoms with Crippen LogP contribution in [0.4, 0.5) is 0 Å². The fourth-order valence-electron chi connectivity index (χ4n) is 1.43. The van der Waals surface area contributed by atoms with Gasteiger partial charge in [0.2, 0.25) is 0 Å². The standard InChI is InChI=1S/2C7H10N2/c2*8-4-1-7-2-5-9-6-3-7/h2*2-3,5-6H,1,4,8H2. The zero-order valence-electron chi connectivity index (χ0n) is 10.5. The highest BCUT2D eigenvalue weighted by molar-refractivity contribution is 5.10. The molecule has 18 heavy (non-hydrogen) atoms. The molecule has 0 saturated heterocycles. The van der Waals surface area contributed by atoms with E-state index in [0.29, 0.717) is 13.1 Å². The van der Waals surface area contributed by atoms with E-state index in [1.807, 2.05) is 24.3 Å². The monoisotopic (exact) mass is 244 g/mol. The lowest BCUT2D eigenvalue weighted by Crippen LogP contribution is -2.02. The van der Waals surface area contributed by atoms with E-state index in [1.165, 1.54) is 11.1 Å². The Bertz CT molecular complexity index is 361. The van der Waals surface area contributed by atoms with Gasteiger partial charge >= 0.3 is 0 Å². The Balaban J connectivity index is 0.000000180. The molecule has 96 valence electrons. The number of aromatic nitrogens is 2. The molecule has 4 heteroatoms. The van der Waals surface area contributed by atoms with Gasteiger partial charge in [0.1, 0.15) is 0 Å². The van der Waals surface area contributed by atoms with Crippen LogP contribution in [0.15, 0.2) is 49.1 Å². The minimum absolute atomic E-state index is 0.712. The molecule has 4 nitrogen and oxygen atoms in total. The summed E-state index contributed by atoms with van der Waals surface area (Å²) in [5.41, 5.74) is 13.2. The summed E-state index contributed by atoms with van der Waals surface area (Å²) in [6, 6.07) is 7.92. The number of hydrogen-bond acceptors (Lipinski definition) is 4. The summed E-state index contributed by atoms with van der Waals surface area (Å²) in [5, 5.41) is 0. The molecular weight excluding hydrogens is 224 g/mol. The average Bonchev–Trinajstić information content (AvgIpc) is 2.43. The van der Waals surface area contributed by atoms with Crippen LogP contribution in [0, 0.1) is 0 Å². The Morgan fingerprint density at radius 2 is 1.00 bits per heavy atom.